The molecule has 0 amide bonds. The van der Waals surface area contributed by atoms with Crippen molar-refractivity contribution >= 4 is 0 Å². The number of benzene rings is 1. The molecule has 0 saturated heterocycles. The van der Waals surface area contributed by atoms with E-state index < -0.39 is 0 Å². The van der Waals surface area contributed by atoms with Crippen LogP contribution in [-0.4, -0.2) is 16.9 Å². The third-order valence-electron chi connectivity index (χ3n) is 2.95. The second-order valence-electron chi connectivity index (χ2n) is 4.51. The molecule has 1 aromatic heterocycles. The number of nitrogens with zero attached hydrogens (tertiary/aromatic N) is 2. The van der Waals surface area contributed by atoms with Crippen LogP contribution in [0.2, 0.25) is 0 Å². The summed E-state index contributed by atoms with van der Waals surface area (Å²) in [7, 11) is 2.11. The zero-order valence-electron chi connectivity index (χ0n) is 10.7. The van der Waals surface area contributed by atoms with E-state index in [1.807, 2.05) is 18.3 Å². The minimum absolute atomic E-state index is 0.594. The van der Waals surface area contributed by atoms with Gasteiger partial charge in [0.05, 0.1) is 0 Å². The van der Waals surface area contributed by atoms with Crippen molar-refractivity contribution in [2.45, 2.75) is 19.6 Å². The SMILES string of the molecule is CN(Cc1cccnc1)Cc1ccccc1CN. The van der Waals surface area contributed by atoms with E-state index in [9.17, 15) is 0 Å². The Morgan fingerprint density at radius 2 is 1.83 bits per heavy atom. The normalized spacial score (nSPS) is 10.8. The molecule has 1 aromatic carbocycles. The largest absolute Gasteiger partial charge is 0.326 e. The van der Waals surface area contributed by atoms with E-state index in [1.54, 1.807) is 6.20 Å². The first-order valence-corrected chi connectivity index (χ1v) is 6.14. The summed E-state index contributed by atoms with van der Waals surface area (Å²) >= 11 is 0. The van der Waals surface area contributed by atoms with Crippen LogP contribution in [0.5, 0.6) is 0 Å². The lowest BCUT2D eigenvalue weighted by atomic mass is 10.1. The Bertz CT molecular complexity index is 482. The zero-order chi connectivity index (χ0) is 12.8. The lowest BCUT2D eigenvalue weighted by Crippen LogP contribution is -2.18. The summed E-state index contributed by atoms with van der Waals surface area (Å²) in [4.78, 5) is 6.40. The van der Waals surface area contributed by atoms with Crippen molar-refractivity contribution in [2.75, 3.05) is 7.05 Å². The van der Waals surface area contributed by atoms with Crippen LogP contribution in [0.3, 0.4) is 0 Å². The predicted molar refractivity (Wildman–Crippen MR) is 73.7 cm³/mol. The minimum Gasteiger partial charge on any atom is -0.326 e. The number of pyridine rings is 1. The maximum Gasteiger partial charge on any atom is 0.0312 e. The molecule has 0 bridgehead atoms. The molecular weight excluding hydrogens is 222 g/mol. The van der Waals surface area contributed by atoms with E-state index >= 15 is 0 Å². The number of aromatic nitrogens is 1. The zero-order valence-corrected chi connectivity index (χ0v) is 10.7. The van der Waals surface area contributed by atoms with Crippen LogP contribution in [0.4, 0.5) is 0 Å². The quantitative estimate of drug-likeness (QED) is 0.872. The van der Waals surface area contributed by atoms with E-state index in [2.05, 4.69) is 41.2 Å². The van der Waals surface area contributed by atoms with Gasteiger partial charge >= 0.3 is 0 Å². The van der Waals surface area contributed by atoms with Gasteiger partial charge in [-0.1, -0.05) is 30.3 Å². The van der Waals surface area contributed by atoms with E-state index in [0.717, 1.165) is 13.1 Å². The van der Waals surface area contributed by atoms with Gasteiger partial charge in [-0.3, -0.25) is 9.88 Å². The molecule has 0 fully saturated rings. The van der Waals surface area contributed by atoms with Gasteiger partial charge in [0.25, 0.3) is 0 Å². The fourth-order valence-electron chi connectivity index (χ4n) is 2.06. The van der Waals surface area contributed by atoms with Crippen LogP contribution in [0, 0.1) is 0 Å². The van der Waals surface area contributed by atoms with Crippen molar-refractivity contribution < 1.29 is 0 Å². The van der Waals surface area contributed by atoms with Crippen molar-refractivity contribution in [1.82, 2.24) is 9.88 Å². The summed E-state index contributed by atoms with van der Waals surface area (Å²) in [5.74, 6) is 0. The second kappa shape index (κ2) is 6.28. The number of hydrogen-bond donors (Lipinski definition) is 1. The standard InChI is InChI=1S/C15H19N3/c1-18(11-13-5-4-8-17-10-13)12-15-7-3-2-6-14(15)9-16/h2-8,10H,9,11-12,16H2,1H3. The Hall–Kier alpha value is -1.71. The molecule has 0 aliphatic rings. The molecule has 1 heterocycles. The highest BCUT2D eigenvalue weighted by atomic mass is 15.1. The monoisotopic (exact) mass is 241 g/mol. The minimum atomic E-state index is 0.594. The van der Waals surface area contributed by atoms with Crippen LogP contribution in [0.15, 0.2) is 48.8 Å². The van der Waals surface area contributed by atoms with Gasteiger partial charge < -0.3 is 5.73 Å². The Kier molecular flexibility index (Phi) is 4.45. The van der Waals surface area contributed by atoms with E-state index in [0.29, 0.717) is 6.54 Å². The van der Waals surface area contributed by atoms with Crippen molar-refractivity contribution in [3.05, 3.63) is 65.5 Å². The summed E-state index contributed by atoms with van der Waals surface area (Å²) in [5, 5.41) is 0. The third-order valence-corrected chi connectivity index (χ3v) is 2.95. The van der Waals surface area contributed by atoms with Gasteiger partial charge in [0.2, 0.25) is 0 Å². The molecule has 0 aliphatic carbocycles. The van der Waals surface area contributed by atoms with Crippen molar-refractivity contribution in [3.63, 3.8) is 0 Å². The summed E-state index contributed by atoms with van der Waals surface area (Å²) in [6, 6.07) is 12.4. The average molecular weight is 241 g/mol. The molecule has 0 aliphatic heterocycles. The summed E-state index contributed by atoms with van der Waals surface area (Å²) in [5.41, 5.74) is 9.49. The first-order valence-electron chi connectivity index (χ1n) is 6.14. The molecule has 3 heteroatoms. The van der Waals surface area contributed by atoms with Gasteiger partial charge in [-0.25, -0.2) is 0 Å². The molecule has 0 spiro atoms. The smallest absolute Gasteiger partial charge is 0.0312 e. The van der Waals surface area contributed by atoms with Crippen LogP contribution in [-0.2, 0) is 19.6 Å². The topological polar surface area (TPSA) is 42.2 Å². The highest BCUT2D eigenvalue weighted by molar-refractivity contribution is 5.26. The predicted octanol–water partition coefficient (Wildman–Crippen LogP) is 2.17. The van der Waals surface area contributed by atoms with Gasteiger partial charge in [0.15, 0.2) is 0 Å². The molecule has 2 rings (SSSR count). The van der Waals surface area contributed by atoms with Gasteiger partial charge in [0.1, 0.15) is 0 Å². The van der Waals surface area contributed by atoms with Gasteiger partial charge in [-0.05, 0) is 29.8 Å². The Balaban J connectivity index is 2.01. The lowest BCUT2D eigenvalue weighted by Gasteiger charge is -2.18. The van der Waals surface area contributed by atoms with Crippen LogP contribution >= 0.6 is 0 Å². The molecule has 0 radical (unpaired) electrons. The molecule has 2 N–H and O–H groups in total. The highest BCUT2D eigenvalue weighted by Gasteiger charge is 2.05. The number of hydrogen-bond acceptors (Lipinski definition) is 3. The molecule has 0 unspecified atom stereocenters. The maximum atomic E-state index is 5.75. The fraction of sp³-hybridized carbons (Fsp3) is 0.267. The van der Waals surface area contributed by atoms with E-state index in [-0.39, 0.29) is 0 Å². The van der Waals surface area contributed by atoms with Crippen molar-refractivity contribution in [3.8, 4) is 0 Å². The maximum absolute atomic E-state index is 5.75. The van der Waals surface area contributed by atoms with Gasteiger partial charge in [0, 0.05) is 32.0 Å². The molecule has 0 saturated carbocycles. The molecule has 18 heavy (non-hydrogen) atoms. The summed E-state index contributed by atoms with van der Waals surface area (Å²) < 4.78 is 0. The third kappa shape index (κ3) is 3.39. The van der Waals surface area contributed by atoms with Crippen molar-refractivity contribution in [2.24, 2.45) is 5.73 Å². The second-order valence-corrected chi connectivity index (χ2v) is 4.51. The van der Waals surface area contributed by atoms with Crippen LogP contribution in [0.1, 0.15) is 16.7 Å². The van der Waals surface area contributed by atoms with Crippen LogP contribution in [0.25, 0.3) is 0 Å². The summed E-state index contributed by atoms with van der Waals surface area (Å²) in [6.45, 7) is 2.39. The number of nitrogens with two attached hydrogens (primary N) is 1. The Morgan fingerprint density at radius 3 is 2.50 bits per heavy atom. The molecule has 94 valence electrons. The van der Waals surface area contributed by atoms with E-state index in [4.69, 9.17) is 5.73 Å². The van der Waals surface area contributed by atoms with Crippen molar-refractivity contribution in [1.29, 1.82) is 0 Å². The number of rotatable bonds is 5. The first-order chi connectivity index (χ1) is 8.79. The van der Waals surface area contributed by atoms with Gasteiger partial charge in [-0.15, -0.1) is 0 Å². The molecule has 0 atom stereocenters. The summed E-state index contributed by atoms with van der Waals surface area (Å²) in [6.07, 6.45) is 3.71. The highest BCUT2D eigenvalue weighted by Crippen LogP contribution is 2.12. The lowest BCUT2D eigenvalue weighted by molar-refractivity contribution is 0.317. The Morgan fingerprint density at radius 1 is 1.06 bits per heavy atom. The molecular formula is C15H19N3. The Labute approximate surface area is 108 Å². The molecule has 2 aromatic rings. The fourth-order valence-corrected chi connectivity index (χ4v) is 2.06. The first kappa shape index (κ1) is 12.7. The van der Waals surface area contributed by atoms with Crippen LogP contribution < -0.4 is 5.73 Å². The molecule has 3 nitrogen and oxygen atoms in total. The van der Waals surface area contributed by atoms with Gasteiger partial charge in [-0.2, -0.15) is 0 Å². The average Bonchev–Trinajstić information content (AvgIpc) is 2.40. The van der Waals surface area contributed by atoms with E-state index in [1.165, 1.54) is 16.7 Å².